The zero-order chi connectivity index (χ0) is 78.4. The molecule has 0 spiro atoms. The van der Waals surface area contributed by atoms with Crippen LogP contribution in [0.5, 0.6) is 17.2 Å². The normalized spacial score (nSPS) is 11.2. The van der Waals surface area contributed by atoms with E-state index in [0.717, 1.165) is 134 Å². The summed E-state index contributed by atoms with van der Waals surface area (Å²) in [6.07, 6.45) is 5.39. The zero-order valence-electron chi connectivity index (χ0n) is 62.2. The SMILES string of the molecule is CC(C)(C)Oc1ccc2nc(NC(=O)c3ccc4ccccc4c3)sc2c1.COc1ccc(-c2ccc3nc(NC(=O)c4ccc5ccccc5c4)sc3c2)c(OC)c1.Cc1nc(-c2ccc3nc(NC(=O)c4ccc5ccccc5c4)sc3c2)cs1.O=C(Nc1nc2ccc(-n3ccnc3)cc2s1)c1ccc2ccccc2c1. The van der Waals surface area contributed by atoms with Gasteiger partial charge in [-0.25, -0.2) is 29.9 Å². The second kappa shape index (κ2) is 32.9. The number of hydrogen-bond acceptors (Lipinski definition) is 18. The van der Waals surface area contributed by atoms with Gasteiger partial charge in [-0.15, -0.1) is 11.3 Å². The van der Waals surface area contributed by atoms with E-state index < -0.39 is 0 Å². The number of anilines is 4. The maximum Gasteiger partial charge on any atom is 0.257 e. The van der Waals surface area contributed by atoms with Crippen molar-refractivity contribution in [2.24, 2.45) is 0 Å². The number of amides is 4. The van der Waals surface area contributed by atoms with Gasteiger partial charge in [-0.3, -0.25) is 40.4 Å². The average Bonchev–Trinajstić information content (AvgIpc) is 1.71. The fraction of sp³-hybridized carbons (Fsp3) is 0.0769. The molecule has 0 fully saturated rings. The minimum Gasteiger partial charge on any atom is -0.497 e. The lowest BCUT2D eigenvalue weighted by molar-refractivity contribution is 0.101. The molecule has 4 amide bonds. The summed E-state index contributed by atoms with van der Waals surface area (Å²) >= 11 is 7.45. The monoisotopic (exact) mass is 1590 g/mol. The molecule has 0 aliphatic heterocycles. The number of thiazole rings is 5. The highest BCUT2D eigenvalue weighted by Crippen LogP contribution is 2.39. The van der Waals surface area contributed by atoms with Crippen molar-refractivity contribution in [3.8, 4) is 45.3 Å². The van der Waals surface area contributed by atoms with Crippen LogP contribution in [0.3, 0.4) is 0 Å². The largest absolute Gasteiger partial charge is 0.497 e. The number of ether oxygens (including phenoxy) is 3. The lowest BCUT2D eigenvalue weighted by Gasteiger charge is -2.21. The number of nitrogens with zero attached hydrogens (tertiary/aromatic N) is 7. The van der Waals surface area contributed by atoms with Crippen LogP contribution in [0.15, 0.2) is 285 Å². The predicted octanol–water partition coefficient (Wildman–Crippen LogP) is 23.3. The van der Waals surface area contributed by atoms with Crippen molar-refractivity contribution in [1.29, 1.82) is 0 Å². The first-order valence-corrected chi connectivity index (χ1v) is 40.2. The smallest absolute Gasteiger partial charge is 0.257 e. The Kier molecular flexibility index (Phi) is 21.5. The maximum absolute atomic E-state index is 12.8. The van der Waals surface area contributed by atoms with Crippen molar-refractivity contribution in [2.45, 2.75) is 33.3 Å². The van der Waals surface area contributed by atoms with E-state index in [0.29, 0.717) is 42.8 Å². The Morgan fingerprint density at radius 3 is 1.18 bits per heavy atom. The summed E-state index contributed by atoms with van der Waals surface area (Å²) in [6, 6.07) is 84.3. The zero-order valence-corrected chi connectivity index (χ0v) is 66.2. The molecule has 19 aromatic rings. The minimum absolute atomic E-state index is 0.153. The second-order valence-electron chi connectivity index (χ2n) is 27.3. The average molecular weight is 1590 g/mol. The van der Waals surface area contributed by atoms with Crippen LogP contribution < -0.4 is 35.5 Å². The molecule has 560 valence electrons. The first-order valence-electron chi connectivity index (χ1n) is 36.1. The molecule has 0 saturated heterocycles. The first-order chi connectivity index (χ1) is 55.4. The summed E-state index contributed by atoms with van der Waals surface area (Å²) in [5, 5.41) is 25.7. The Bertz CT molecular complexity index is 6840. The molecule has 18 nitrogen and oxygen atoms in total. The first kappa shape index (κ1) is 74.7. The van der Waals surface area contributed by atoms with Gasteiger partial charge in [0.15, 0.2) is 20.5 Å². The summed E-state index contributed by atoms with van der Waals surface area (Å²) in [7, 11) is 3.27. The Balaban J connectivity index is 0.000000115. The fourth-order valence-electron chi connectivity index (χ4n) is 12.7. The van der Waals surface area contributed by atoms with Gasteiger partial charge in [0.05, 0.1) is 72.1 Å². The van der Waals surface area contributed by atoms with Crippen LogP contribution in [0.2, 0.25) is 0 Å². The highest BCUT2D eigenvalue weighted by Gasteiger charge is 2.19. The van der Waals surface area contributed by atoms with Gasteiger partial charge in [-0.2, -0.15) is 0 Å². The highest BCUT2D eigenvalue weighted by atomic mass is 32.1. The van der Waals surface area contributed by atoms with E-state index in [1.807, 2.05) is 287 Å². The molecule has 6 aromatic heterocycles. The number of fused-ring (bicyclic) bond motifs is 8. The number of methoxy groups -OCH3 is 2. The Labute approximate surface area is 674 Å². The minimum atomic E-state index is -0.258. The number of carbonyl (C=O) groups excluding carboxylic acids is 4. The van der Waals surface area contributed by atoms with Crippen LogP contribution in [-0.2, 0) is 0 Å². The van der Waals surface area contributed by atoms with Gasteiger partial charge in [-0.1, -0.05) is 179 Å². The molecule has 4 N–H and O–H groups in total. The van der Waals surface area contributed by atoms with Gasteiger partial charge in [0, 0.05) is 62.9 Å². The molecule has 6 heterocycles. The van der Waals surface area contributed by atoms with E-state index in [9.17, 15) is 19.2 Å². The molecule has 23 heteroatoms. The van der Waals surface area contributed by atoms with E-state index >= 15 is 0 Å². The van der Waals surface area contributed by atoms with E-state index in [2.05, 4.69) is 68.7 Å². The van der Waals surface area contributed by atoms with E-state index in [1.54, 1.807) is 38.1 Å². The summed E-state index contributed by atoms with van der Waals surface area (Å²) in [5.74, 6) is 1.62. The van der Waals surface area contributed by atoms with Gasteiger partial charge in [0.2, 0.25) is 0 Å². The van der Waals surface area contributed by atoms with Gasteiger partial charge >= 0.3 is 0 Å². The van der Waals surface area contributed by atoms with Crippen molar-refractivity contribution < 1.29 is 33.4 Å². The number of imidazole rings is 1. The molecule has 19 rings (SSSR count). The molecule has 0 aliphatic carbocycles. The highest BCUT2D eigenvalue weighted by molar-refractivity contribution is 7.23. The Morgan fingerprint density at radius 2 is 0.781 bits per heavy atom. The molecule has 0 unspecified atom stereocenters. The Hall–Kier alpha value is -13.4. The van der Waals surface area contributed by atoms with E-state index in [1.165, 1.54) is 45.3 Å². The van der Waals surface area contributed by atoms with E-state index in [-0.39, 0.29) is 29.2 Å². The van der Waals surface area contributed by atoms with Gasteiger partial charge in [0.25, 0.3) is 23.6 Å². The predicted molar refractivity (Wildman–Crippen MR) is 468 cm³/mol. The van der Waals surface area contributed by atoms with Crippen molar-refractivity contribution in [2.75, 3.05) is 35.5 Å². The molecule has 0 aliphatic rings. The van der Waals surface area contributed by atoms with Gasteiger partial charge in [0.1, 0.15) is 22.8 Å². The maximum atomic E-state index is 12.8. The molecule has 0 saturated carbocycles. The summed E-state index contributed by atoms with van der Waals surface area (Å²) in [6.45, 7) is 8.04. The standard InChI is InChI=1S/C26H20N2O3S.C22H15N3OS2.C22H20N2O2S.C21H14N4OS/c1-30-20-10-11-21(23(15-20)31-2)18-9-12-22-24(14-18)32-26(27-22)28-25(29)19-8-7-16-5-3-4-6-17(16)13-19;1-13-23-19(12-27-13)16-8-9-18-20(11-16)28-22(24-18)25-21(26)17-7-6-14-4-2-3-5-15(14)10-17;1-22(2,3)26-17-10-11-18-19(13-17)27-21(23-18)24-20(25)16-9-8-14-6-4-5-7-15(14)12-16;26-20(16-6-5-14-3-1-2-4-15(14)11-16)24-21-23-18-8-7-17(12-19(18)27-21)25-10-9-22-13-25/h3-15H,1-2H3,(H,27,28,29);2-12H,1H3,(H,24,25,26);4-13H,1-3H3,(H,23,24,25);1-13H,(H,23,24,26). The number of benzene rings is 13. The summed E-state index contributed by atoms with van der Waals surface area (Å²) in [4.78, 5) is 77.5. The van der Waals surface area contributed by atoms with Crippen molar-refractivity contribution in [3.05, 3.63) is 312 Å². The van der Waals surface area contributed by atoms with Gasteiger partial charge in [-0.05, 0) is 198 Å². The third kappa shape index (κ3) is 17.4. The van der Waals surface area contributed by atoms with Crippen LogP contribution in [-0.4, -0.2) is 77.9 Å². The number of rotatable bonds is 14. The quantitative estimate of drug-likeness (QED) is 0.0796. The lowest BCUT2D eigenvalue weighted by Crippen LogP contribution is -2.22. The third-order valence-corrected chi connectivity index (χ3v) is 22.8. The third-order valence-electron chi connectivity index (χ3n) is 18.3. The molecular weight excluding hydrogens is 1520 g/mol. The molecule has 13 aromatic carbocycles. The molecular formula is C91H69N11O7S5. The molecule has 0 bridgehead atoms. The topological polar surface area (TPSA) is 226 Å². The van der Waals surface area contributed by atoms with Crippen molar-refractivity contribution in [1.82, 2.24) is 34.5 Å². The molecule has 0 atom stereocenters. The molecule has 0 radical (unpaired) electrons. The fourth-order valence-corrected chi connectivity index (χ4v) is 16.9. The number of hydrogen-bond donors (Lipinski definition) is 4. The summed E-state index contributed by atoms with van der Waals surface area (Å²) in [5.41, 5.74) is 10.6. The van der Waals surface area contributed by atoms with Crippen LogP contribution in [0.1, 0.15) is 67.2 Å². The number of nitrogens with one attached hydrogen (secondary N) is 4. The van der Waals surface area contributed by atoms with Crippen molar-refractivity contribution in [3.63, 3.8) is 0 Å². The van der Waals surface area contributed by atoms with Crippen molar-refractivity contribution >= 4 is 185 Å². The van der Waals surface area contributed by atoms with Crippen LogP contribution in [0, 0.1) is 6.92 Å². The van der Waals surface area contributed by atoms with E-state index in [4.69, 9.17) is 14.2 Å². The number of aromatic nitrogens is 7. The second-order valence-corrected chi connectivity index (χ2v) is 32.5. The lowest BCUT2D eigenvalue weighted by atomic mass is 10.0. The Morgan fingerprint density at radius 1 is 0.386 bits per heavy atom. The summed E-state index contributed by atoms with van der Waals surface area (Å²) < 4.78 is 22.7. The van der Waals surface area contributed by atoms with Gasteiger partial charge < -0.3 is 18.8 Å². The van der Waals surface area contributed by atoms with Crippen LogP contribution in [0.4, 0.5) is 20.5 Å². The number of aryl methyl sites for hydroxylation is 1. The molecule has 114 heavy (non-hydrogen) atoms. The van der Waals surface area contributed by atoms with Crippen LogP contribution >= 0.6 is 56.7 Å². The van der Waals surface area contributed by atoms with Crippen LogP contribution in [0.25, 0.3) is 112 Å². The number of carbonyl (C=O) groups is 4.